The lowest BCUT2D eigenvalue weighted by Gasteiger charge is -2.15. The Bertz CT molecular complexity index is 301. The highest BCUT2D eigenvalue weighted by Crippen LogP contribution is 2.01. The summed E-state index contributed by atoms with van der Waals surface area (Å²) < 4.78 is 4.63. The monoisotopic (exact) mass is 258 g/mol. The highest BCUT2D eigenvalue weighted by Gasteiger charge is 2.20. The van der Waals surface area contributed by atoms with E-state index in [1.807, 2.05) is 6.92 Å². The number of nitrogens with two attached hydrogens (primary N) is 2. The van der Waals surface area contributed by atoms with Crippen LogP contribution in [0, 0.1) is 0 Å². The number of hydrogen-bond donors (Lipinski definition) is 3. The number of ether oxygens (including phenoxy) is 1. The maximum atomic E-state index is 11.5. The molecule has 0 spiro atoms. The van der Waals surface area contributed by atoms with Crippen LogP contribution in [-0.2, 0) is 14.3 Å². The van der Waals surface area contributed by atoms with Gasteiger partial charge < -0.3 is 21.5 Å². The van der Waals surface area contributed by atoms with E-state index in [1.54, 1.807) is 0 Å². The van der Waals surface area contributed by atoms with Crippen LogP contribution in [0.3, 0.4) is 0 Å². The van der Waals surface area contributed by atoms with Crippen molar-refractivity contribution in [1.82, 2.24) is 5.32 Å². The Morgan fingerprint density at radius 3 is 2.56 bits per heavy atom. The minimum Gasteiger partial charge on any atom is -0.467 e. The van der Waals surface area contributed by atoms with Gasteiger partial charge in [0.2, 0.25) is 5.91 Å². The van der Waals surface area contributed by atoms with Crippen LogP contribution in [0.4, 0.5) is 0 Å². The Morgan fingerprint density at radius 2 is 2.06 bits per heavy atom. The van der Waals surface area contributed by atoms with Crippen molar-refractivity contribution in [3.05, 3.63) is 0 Å². The summed E-state index contributed by atoms with van der Waals surface area (Å²) in [5.74, 6) is -0.599. The van der Waals surface area contributed by atoms with Crippen molar-refractivity contribution >= 4 is 17.8 Å². The number of carbonyl (C=O) groups excluding carboxylic acids is 2. The zero-order valence-corrected chi connectivity index (χ0v) is 10.9. The van der Waals surface area contributed by atoms with Crippen molar-refractivity contribution in [3.8, 4) is 0 Å². The van der Waals surface area contributed by atoms with E-state index >= 15 is 0 Å². The van der Waals surface area contributed by atoms with Crippen molar-refractivity contribution in [2.45, 2.75) is 38.6 Å². The van der Waals surface area contributed by atoms with Gasteiger partial charge in [0.25, 0.3) is 0 Å². The first-order valence-electron chi connectivity index (χ1n) is 5.93. The predicted octanol–water partition coefficient (Wildman–Crippen LogP) is -0.502. The minimum absolute atomic E-state index is 0.0136. The van der Waals surface area contributed by atoms with E-state index in [-0.39, 0.29) is 11.9 Å². The van der Waals surface area contributed by atoms with Crippen LogP contribution >= 0.6 is 0 Å². The standard InChI is InChI=1S/C11H22N4O3/c1-3-5-9(16)15-8(10(17)18-2)6-4-7-14-11(12)13/h8H,3-7H2,1-2H3,(H,15,16)(H4,12,13,14)/t8-/m0/s1. The zero-order chi connectivity index (χ0) is 14.0. The first-order chi connectivity index (χ1) is 8.51. The van der Waals surface area contributed by atoms with Crippen molar-refractivity contribution < 1.29 is 14.3 Å². The molecule has 7 heteroatoms. The number of esters is 1. The Morgan fingerprint density at radius 1 is 1.39 bits per heavy atom. The number of guanidine groups is 1. The third-order valence-electron chi connectivity index (χ3n) is 2.24. The van der Waals surface area contributed by atoms with Gasteiger partial charge in [-0.25, -0.2) is 4.79 Å². The maximum absolute atomic E-state index is 11.5. The van der Waals surface area contributed by atoms with Crippen molar-refractivity contribution in [2.24, 2.45) is 16.5 Å². The summed E-state index contributed by atoms with van der Waals surface area (Å²) in [6.45, 7) is 2.31. The third kappa shape index (κ3) is 7.48. The van der Waals surface area contributed by atoms with Crippen LogP contribution in [0.15, 0.2) is 4.99 Å². The van der Waals surface area contributed by atoms with E-state index in [0.717, 1.165) is 6.42 Å². The molecule has 7 nitrogen and oxygen atoms in total. The Balaban J connectivity index is 4.19. The molecule has 1 atom stereocenters. The van der Waals surface area contributed by atoms with E-state index in [4.69, 9.17) is 11.5 Å². The molecular weight excluding hydrogens is 236 g/mol. The second-order valence-electron chi connectivity index (χ2n) is 3.84. The number of rotatable bonds is 8. The first kappa shape index (κ1) is 16.2. The summed E-state index contributed by atoms with van der Waals surface area (Å²) in [7, 11) is 1.29. The molecule has 0 aliphatic heterocycles. The van der Waals surface area contributed by atoms with Crippen LogP contribution < -0.4 is 16.8 Å². The Kier molecular flexibility index (Phi) is 8.34. The van der Waals surface area contributed by atoms with Crippen molar-refractivity contribution in [2.75, 3.05) is 13.7 Å². The summed E-state index contributed by atoms with van der Waals surface area (Å²) in [4.78, 5) is 26.7. The molecule has 5 N–H and O–H groups in total. The summed E-state index contributed by atoms with van der Waals surface area (Å²) in [6, 6.07) is -0.636. The smallest absolute Gasteiger partial charge is 0.328 e. The number of methoxy groups -OCH3 is 1. The van der Waals surface area contributed by atoms with Gasteiger partial charge in [-0.2, -0.15) is 0 Å². The number of carbonyl (C=O) groups is 2. The normalized spacial score (nSPS) is 11.4. The molecule has 0 aliphatic rings. The molecular formula is C11H22N4O3. The molecule has 0 fully saturated rings. The van der Waals surface area contributed by atoms with Gasteiger partial charge >= 0.3 is 5.97 Å². The van der Waals surface area contributed by atoms with Gasteiger partial charge in [0, 0.05) is 13.0 Å². The summed E-state index contributed by atoms with van der Waals surface area (Å²) in [5.41, 5.74) is 10.4. The average molecular weight is 258 g/mol. The number of aliphatic imine (C=N–C) groups is 1. The second kappa shape index (κ2) is 9.26. The third-order valence-corrected chi connectivity index (χ3v) is 2.24. The van der Waals surface area contributed by atoms with Gasteiger partial charge in [-0.05, 0) is 19.3 Å². The molecule has 0 radical (unpaired) electrons. The number of amides is 1. The van der Waals surface area contributed by atoms with Crippen LogP contribution in [-0.4, -0.2) is 37.5 Å². The van der Waals surface area contributed by atoms with Crippen LogP contribution in [0.1, 0.15) is 32.6 Å². The lowest BCUT2D eigenvalue weighted by molar-refractivity contribution is -0.145. The quantitative estimate of drug-likeness (QED) is 0.234. The molecule has 0 aromatic rings. The van der Waals surface area contributed by atoms with Gasteiger partial charge in [0.05, 0.1) is 7.11 Å². The van der Waals surface area contributed by atoms with E-state index in [9.17, 15) is 9.59 Å². The zero-order valence-electron chi connectivity index (χ0n) is 10.9. The average Bonchev–Trinajstić information content (AvgIpc) is 2.32. The highest BCUT2D eigenvalue weighted by molar-refractivity contribution is 5.84. The van der Waals surface area contributed by atoms with Gasteiger partial charge in [0.15, 0.2) is 5.96 Å². The molecule has 0 saturated heterocycles. The number of hydrogen-bond acceptors (Lipinski definition) is 4. The molecule has 0 aromatic heterocycles. The Hall–Kier alpha value is -1.79. The highest BCUT2D eigenvalue weighted by atomic mass is 16.5. The fourth-order valence-corrected chi connectivity index (χ4v) is 1.39. The van der Waals surface area contributed by atoms with E-state index in [2.05, 4.69) is 15.0 Å². The molecule has 104 valence electrons. The topological polar surface area (TPSA) is 120 Å². The summed E-state index contributed by atoms with van der Waals surface area (Å²) >= 11 is 0. The van der Waals surface area contributed by atoms with E-state index in [1.165, 1.54) is 7.11 Å². The van der Waals surface area contributed by atoms with Crippen molar-refractivity contribution in [3.63, 3.8) is 0 Å². The predicted molar refractivity (Wildman–Crippen MR) is 68.8 cm³/mol. The maximum Gasteiger partial charge on any atom is 0.328 e. The van der Waals surface area contributed by atoms with Gasteiger partial charge in [0.1, 0.15) is 6.04 Å². The molecule has 0 saturated carbocycles. The van der Waals surface area contributed by atoms with Gasteiger partial charge in [-0.15, -0.1) is 0 Å². The van der Waals surface area contributed by atoms with Crippen LogP contribution in [0.25, 0.3) is 0 Å². The first-order valence-corrected chi connectivity index (χ1v) is 5.93. The summed E-state index contributed by atoms with van der Waals surface area (Å²) in [6.07, 6.45) is 2.15. The van der Waals surface area contributed by atoms with Crippen molar-refractivity contribution in [1.29, 1.82) is 0 Å². The largest absolute Gasteiger partial charge is 0.467 e. The molecule has 0 rings (SSSR count). The van der Waals surface area contributed by atoms with Gasteiger partial charge in [-0.1, -0.05) is 6.92 Å². The fraction of sp³-hybridized carbons (Fsp3) is 0.727. The number of nitrogens with zero attached hydrogens (tertiary/aromatic N) is 1. The molecule has 0 aromatic carbocycles. The minimum atomic E-state index is -0.636. The molecule has 1 amide bonds. The second-order valence-corrected chi connectivity index (χ2v) is 3.84. The summed E-state index contributed by atoms with van der Waals surface area (Å²) in [5, 5.41) is 2.63. The molecule has 0 aliphatic carbocycles. The fourth-order valence-electron chi connectivity index (χ4n) is 1.39. The number of nitrogens with one attached hydrogen (secondary N) is 1. The molecule has 0 heterocycles. The molecule has 18 heavy (non-hydrogen) atoms. The lowest BCUT2D eigenvalue weighted by atomic mass is 10.1. The van der Waals surface area contributed by atoms with Crippen LogP contribution in [0.5, 0.6) is 0 Å². The van der Waals surface area contributed by atoms with Crippen LogP contribution in [0.2, 0.25) is 0 Å². The van der Waals surface area contributed by atoms with E-state index in [0.29, 0.717) is 25.8 Å². The lowest BCUT2D eigenvalue weighted by Crippen LogP contribution is -2.41. The Labute approximate surface area is 107 Å². The molecule has 0 bridgehead atoms. The van der Waals surface area contributed by atoms with E-state index < -0.39 is 12.0 Å². The molecule has 0 unspecified atom stereocenters. The van der Waals surface area contributed by atoms with Gasteiger partial charge in [-0.3, -0.25) is 9.79 Å². The SMILES string of the molecule is CCCC(=O)N[C@@H](CCCN=C(N)N)C(=O)OC.